The van der Waals surface area contributed by atoms with Gasteiger partial charge in [-0.1, -0.05) is 64.7 Å². The van der Waals surface area contributed by atoms with E-state index in [4.69, 9.17) is 11.1 Å². The van der Waals surface area contributed by atoms with Crippen molar-refractivity contribution < 1.29 is 4.79 Å². The van der Waals surface area contributed by atoms with E-state index in [0.717, 1.165) is 25.8 Å². The van der Waals surface area contributed by atoms with Crippen molar-refractivity contribution in [3.63, 3.8) is 0 Å². The molecule has 0 spiro atoms. The van der Waals surface area contributed by atoms with E-state index in [9.17, 15) is 4.79 Å². The maximum atomic E-state index is 11.6. The zero-order valence-electron chi connectivity index (χ0n) is 15.1. The van der Waals surface area contributed by atoms with Crippen molar-refractivity contribution in [2.75, 3.05) is 13.1 Å². The average Bonchev–Trinajstić information content (AvgIpc) is 2.52. The highest BCUT2D eigenvalue weighted by molar-refractivity contribution is 5.75. The van der Waals surface area contributed by atoms with Gasteiger partial charge in [0, 0.05) is 19.5 Å². The van der Waals surface area contributed by atoms with Gasteiger partial charge in [-0.25, -0.2) is 0 Å². The quantitative estimate of drug-likeness (QED) is 0.198. The molecule has 0 heterocycles. The number of carbonyl (C=O) groups excluding carboxylic acids is 1. The molecule has 0 saturated carbocycles. The van der Waals surface area contributed by atoms with Gasteiger partial charge in [-0.05, 0) is 19.3 Å². The fourth-order valence-electron chi connectivity index (χ4n) is 2.56. The van der Waals surface area contributed by atoms with E-state index in [1.54, 1.807) is 0 Å². The maximum absolute atomic E-state index is 11.6. The van der Waals surface area contributed by atoms with Gasteiger partial charge in [0.25, 0.3) is 0 Å². The van der Waals surface area contributed by atoms with Crippen LogP contribution in [0.3, 0.4) is 0 Å². The van der Waals surface area contributed by atoms with E-state index in [1.807, 2.05) is 0 Å². The molecule has 5 nitrogen and oxygen atoms in total. The summed E-state index contributed by atoms with van der Waals surface area (Å²) in [4.78, 5) is 11.6. The monoisotopic (exact) mass is 326 g/mol. The molecule has 136 valence electrons. The summed E-state index contributed by atoms with van der Waals surface area (Å²) in [6.45, 7) is 3.67. The SMILES string of the molecule is CCCCCCCCCCCCC(=O)NCCCCNC(=N)N. The lowest BCUT2D eigenvalue weighted by Gasteiger charge is -2.06. The molecule has 0 saturated heterocycles. The van der Waals surface area contributed by atoms with Crippen LogP contribution in [0, 0.1) is 5.41 Å². The largest absolute Gasteiger partial charge is 0.370 e. The summed E-state index contributed by atoms with van der Waals surface area (Å²) in [5, 5.41) is 12.7. The normalized spacial score (nSPS) is 10.5. The maximum Gasteiger partial charge on any atom is 0.219 e. The molecule has 0 atom stereocenters. The molecule has 0 aromatic heterocycles. The Morgan fingerprint density at radius 2 is 1.26 bits per heavy atom. The van der Waals surface area contributed by atoms with E-state index >= 15 is 0 Å². The summed E-state index contributed by atoms with van der Waals surface area (Å²) in [6.07, 6.45) is 15.4. The average molecular weight is 327 g/mol. The summed E-state index contributed by atoms with van der Waals surface area (Å²) in [5.41, 5.74) is 5.18. The van der Waals surface area contributed by atoms with E-state index in [1.165, 1.54) is 57.8 Å². The predicted octanol–water partition coefficient (Wildman–Crippen LogP) is 3.68. The first kappa shape index (κ1) is 21.7. The molecule has 0 aromatic carbocycles. The van der Waals surface area contributed by atoms with Gasteiger partial charge < -0.3 is 16.4 Å². The summed E-state index contributed by atoms with van der Waals surface area (Å²) in [7, 11) is 0. The third kappa shape index (κ3) is 18.7. The van der Waals surface area contributed by atoms with E-state index < -0.39 is 0 Å². The lowest BCUT2D eigenvalue weighted by Crippen LogP contribution is -2.31. The Hall–Kier alpha value is -1.26. The Bertz CT molecular complexity index is 295. The van der Waals surface area contributed by atoms with E-state index in [0.29, 0.717) is 13.0 Å². The number of hydrogen-bond acceptors (Lipinski definition) is 2. The molecule has 0 radical (unpaired) electrons. The van der Waals surface area contributed by atoms with Gasteiger partial charge in [0.2, 0.25) is 5.91 Å². The minimum absolute atomic E-state index is 0.00925. The summed E-state index contributed by atoms with van der Waals surface area (Å²) < 4.78 is 0. The standard InChI is InChI=1S/C18H38N4O/c1-2-3-4-5-6-7-8-9-10-11-14-17(23)21-15-12-13-16-22-18(19)20/h2-16H2,1H3,(H,21,23)(H4,19,20,22). The van der Waals surface area contributed by atoms with E-state index in [-0.39, 0.29) is 11.9 Å². The molecule has 0 bridgehead atoms. The minimum atomic E-state index is 0.00925. The topological polar surface area (TPSA) is 91.0 Å². The molecule has 0 unspecified atom stereocenters. The first-order valence-electron chi connectivity index (χ1n) is 9.51. The minimum Gasteiger partial charge on any atom is -0.370 e. The molecule has 0 aliphatic heterocycles. The van der Waals surface area contributed by atoms with Gasteiger partial charge in [-0.15, -0.1) is 0 Å². The number of carbonyl (C=O) groups is 1. The van der Waals surface area contributed by atoms with Crippen molar-refractivity contribution in [2.45, 2.75) is 90.4 Å². The number of guanidine groups is 1. The smallest absolute Gasteiger partial charge is 0.219 e. The number of hydrogen-bond donors (Lipinski definition) is 4. The molecule has 5 N–H and O–H groups in total. The van der Waals surface area contributed by atoms with Gasteiger partial charge >= 0.3 is 0 Å². The summed E-state index contributed by atoms with van der Waals surface area (Å²) in [6, 6.07) is 0. The number of rotatable bonds is 16. The third-order valence-electron chi connectivity index (χ3n) is 4.00. The molecule has 5 heteroatoms. The molecule has 23 heavy (non-hydrogen) atoms. The van der Waals surface area contributed by atoms with Crippen molar-refractivity contribution in [3.8, 4) is 0 Å². The lowest BCUT2D eigenvalue weighted by molar-refractivity contribution is -0.121. The van der Waals surface area contributed by atoms with Crippen LogP contribution in [0.5, 0.6) is 0 Å². The van der Waals surface area contributed by atoms with Crippen LogP contribution in [0.2, 0.25) is 0 Å². The van der Waals surface area contributed by atoms with Crippen LogP contribution in [0.4, 0.5) is 0 Å². The van der Waals surface area contributed by atoms with Crippen LogP contribution in [0.1, 0.15) is 90.4 Å². The van der Waals surface area contributed by atoms with Crippen LogP contribution in [0.15, 0.2) is 0 Å². The van der Waals surface area contributed by atoms with Crippen molar-refractivity contribution >= 4 is 11.9 Å². The van der Waals surface area contributed by atoms with Crippen molar-refractivity contribution in [1.29, 1.82) is 5.41 Å². The summed E-state index contributed by atoms with van der Waals surface area (Å²) in [5.74, 6) is 0.180. The first-order valence-corrected chi connectivity index (χ1v) is 9.51. The Balaban J connectivity index is 3.17. The Labute approximate surface area is 142 Å². The van der Waals surface area contributed by atoms with Gasteiger partial charge in [0.05, 0.1) is 0 Å². The van der Waals surface area contributed by atoms with Gasteiger partial charge in [0.1, 0.15) is 0 Å². The van der Waals surface area contributed by atoms with E-state index in [2.05, 4.69) is 17.6 Å². The first-order chi connectivity index (χ1) is 11.2. The molecule has 0 aliphatic carbocycles. The number of nitrogens with two attached hydrogens (primary N) is 1. The zero-order chi connectivity index (χ0) is 17.2. The second kappa shape index (κ2) is 17.1. The van der Waals surface area contributed by atoms with Gasteiger partial charge in [-0.3, -0.25) is 10.2 Å². The molecular formula is C18H38N4O. The highest BCUT2D eigenvalue weighted by atomic mass is 16.1. The van der Waals surface area contributed by atoms with Crippen molar-refractivity contribution in [1.82, 2.24) is 10.6 Å². The van der Waals surface area contributed by atoms with Gasteiger partial charge in [0.15, 0.2) is 5.96 Å². The lowest BCUT2D eigenvalue weighted by atomic mass is 10.1. The summed E-state index contributed by atoms with van der Waals surface area (Å²) >= 11 is 0. The van der Waals surface area contributed by atoms with Crippen LogP contribution >= 0.6 is 0 Å². The number of unbranched alkanes of at least 4 members (excludes halogenated alkanes) is 10. The second-order valence-electron chi connectivity index (χ2n) is 6.33. The highest BCUT2D eigenvalue weighted by Crippen LogP contribution is 2.11. The molecule has 0 aliphatic rings. The van der Waals surface area contributed by atoms with Crippen LogP contribution in [0.25, 0.3) is 0 Å². The van der Waals surface area contributed by atoms with Crippen molar-refractivity contribution in [3.05, 3.63) is 0 Å². The zero-order valence-corrected chi connectivity index (χ0v) is 15.1. The number of nitrogens with one attached hydrogen (secondary N) is 3. The second-order valence-corrected chi connectivity index (χ2v) is 6.33. The predicted molar refractivity (Wildman–Crippen MR) is 98.6 cm³/mol. The van der Waals surface area contributed by atoms with Crippen LogP contribution in [-0.2, 0) is 4.79 Å². The Morgan fingerprint density at radius 3 is 1.78 bits per heavy atom. The van der Waals surface area contributed by atoms with Crippen molar-refractivity contribution in [2.24, 2.45) is 5.73 Å². The fourth-order valence-corrected chi connectivity index (χ4v) is 2.56. The third-order valence-corrected chi connectivity index (χ3v) is 4.00. The Morgan fingerprint density at radius 1 is 0.783 bits per heavy atom. The molecule has 1 amide bonds. The molecular weight excluding hydrogens is 288 g/mol. The number of amides is 1. The highest BCUT2D eigenvalue weighted by Gasteiger charge is 2.00. The fraction of sp³-hybridized carbons (Fsp3) is 0.889. The molecule has 0 fully saturated rings. The van der Waals surface area contributed by atoms with Gasteiger partial charge in [-0.2, -0.15) is 0 Å². The molecule has 0 aromatic rings. The van der Waals surface area contributed by atoms with Crippen LogP contribution < -0.4 is 16.4 Å². The Kier molecular flexibility index (Phi) is 16.2. The molecule has 0 rings (SSSR count). The van der Waals surface area contributed by atoms with Crippen LogP contribution in [-0.4, -0.2) is 25.0 Å².